The fourth-order valence-electron chi connectivity index (χ4n) is 3.80. The van der Waals surface area contributed by atoms with Gasteiger partial charge in [-0.25, -0.2) is 0 Å². The third-order valence-electron chi connectivity index (χ3n) is 5.13. The maximum atomic E-state index is 13.0. The minimum Gasteiger partial charge on any atom is -0.338 e. The molecule has 0 aliphatic carbocycles. The lowest BCUT2D eigenvalue weighted by molar-refractivity contribution is -0.123. The lowest BCUT2D eigenvalue weighted by atomic mass is 9.95. The van der Waals surface area contributed by atoms with E-state index in [4.69, 9.17) is 0 Å². The van der Waals surface area contributed by atoms with E-state index < -0.39 is 0 Å². The van der Waals surface area contributed by atoms with Gasteiger partial charge < -0.3 is 9.80 Å². The van der Waals surface area contributed by atoms with Gasteiger partial charge in [0.25, 0.3) is 5.91 Å². The van der Waals surface area contributed by atoms with E-state index in [1.165, 1.54) is 5.56 Å². The second-order valence-electron chi connectivity index (χ2n) is 6.70. The molecule has 25 heavy (non-hydrogen) atoms. The smallest absolute Gasteiger partial charge is 0.253 e. The molecule has 0 bridgehead atoms. The Labute approximate surface area is 147 Å². The normalized spacial score (nSPS) is 19.6. The lowest BCUT2D eigenvalue weighted by Gasteiger charge is -2.34. The van der Waals surface area contributed by atoms with Gasteiger partial charge in [-0.2, -0.15) is 0 Å². The first kappa shape index (κ1) is 15.8. The molecule has 1 unspecified atom stereocenters. The van der Waals surface area contributed by atoms with Crippen LogP contribution in [0.3, 0.4) is 0 Å². The second kappa shape index (κ2) is 6.67. The van der Waals surface area contributed by atoms with E-state index in [2.05, 4.69) is 4.98 Å². The number of carbonyl (C=O) groups is 2. The largest absolute Gasteiger partial charge is 0.338 e. The molecule has 128 valence electrons. The maximum absolute atomic E-state index is 13.0. The molecule has 0 spiro atoms. The molecule has 5 heteroatoms. The van der Waals surface area contributed by atoms with Crippen molar-refractivity contribution >= 4 is 17.5 Å². The molecule has 1 aromatic carbocycles. The molecule has 2 aromatic rings. The Morgan fingerprint density at radius 1 is 1.08 bits per heavy atom. The van der Waals surface area contributed by atoms with Gasteiger partial charge in [0, 0.05) is 31.4 Å². The summed E-state index contributed by atoms with van der Waals surface area (Å²) in [5.41, 5.74) is 2.79. The average molecular weight is 335 g/mol. The van der Waals surface area contributed by atoms with Crippen molar-refractivity contribution in [1.29, 1.82) is 0 Å². The summed E-state index contributed by atoms with van der Waals surface area (Å²) in [5.74, 6) is 0.00599. The predicted octanol–water partition coefficient (Wildman–Crippen LogP) is 2.52. The molecular weight excluding hydrogens is 314 g/mol. The first-order chi connectivity index (χ1) is 12.2. The Kier molecular flexibility index (Phi) is 4.22. The summed E-state index contributed by atoms with van der Waals surface area (Å²) in [6, 6.07) is 11.3. The number of hydrogen-bond donors (Lipinski definition) is 0. The highest BCUT2D eigenvalue weighted by Crippen LogP contribution is 2.30. The molecule has 4 rings (SSSR count). The molecule has 2 amide bonds. The molecule has 0 radical (unpaired) electrons. The van der Waals surface area contributed by atoms with Crippen LogP contribution in [0.25, 0.3) is 0 Å². The van der Waals surface area contributed by atoms with Gasteiger partial charge in [-0.1, -0.05) is 18.2 Å². The van der Waals surface area contributed by atoms with Crippen LogP contribution >= 0.6 is 0 Å². The molecule has 0 N–H and O–H groups in total. The third kappa shape index (κ3) is 3.02. The van der Waals surface area contributed by atoms with Crippen molar-refractivity contribution < 1.29 is 9.59 Å². The molecule has 2 aliphatic heterocycles. The monoisotopic (exact) mass is 335 g/mol. The zero-order valence-electron chi connectivity index (χ0n) is 14.1. The number of fused-ring (bicyclic) bond motifs is 1. The summed E-state index contributed by atoms with van der Waals surface area (Å²) in [5, 5.41) is 0. The van der Waals surface area contributed by atoms with Crippen molar-refractivity contribution in [2.45, 2.75) is 19.3 Å². The van der Waals surface area contributed by atoms with Gasteiger partial charge in [0.2, 0.25) is 5.91 Å². The number of benzene rings is 1. The number of rotatable bonds is 2. The van der Waals surface area contributed by atoms with Crippen LogP contribution in [-0.4, -0.2) is 41.3 Å². The fraction of sp³-hybridized carbons (Fsp3) is 0.350. The van der Waals surface area contributed by atoms with E-state index >= 15 is 0 Å². The topological polar surface area (TPSA) is 53.5 Å². The number of hydrogen-bond acceptors (Lipinski definition) is 3. The zero-order valence-corrected chi connectivity index (χ0v) is 14.1. The van der Waals surface area contributed by atoms with Crippen molar-refractivity contribution in [2.75, 3.05) is 24.5 Å². The highest BCUT2D eigenvalue weighted by atomic mass is 16.2. The predicted molar refractivity (Wildman–Crippen MR) is 95.4 cm³/mol. The van der Waals surface area contributed by atoms with Gasteiger partial charge in [0.1, 0.15) is 0 Å². The van der Waals surface area contributed by atoms with E-state index in [1.54, 1.807) is 12.4 Å². The molecular formula is C20H21N3O2. The van der Waals surface area contributed by atoms with E-state index in [1.807, 2.05) is 46.2 Å². The van der Waals surface area contributed by atoms with Gasteiger partial charge in [0.15, 0.2) is 0 Å². The molecule has 1 atom stereocenters. The Hall–Kier alpha value is -2.69. The van der Waals surface area contributed by atoms with E-state index in [0.717, 1.165) is 31.5 Å². The van der Waals surface area contributed by atoms with Crippen molar-refractivity contribution in [3.05, 3.63) is 59.9 Å². The van der Waals surface area contributed by atoms with Gasteiger partial charge in [-0.15, -0.1) is 0 Å². The first-order valence-corrected chi connectivity index (χ1v) is 8.82. The van der Waals surface area contributed by atoms with Gasteiger partial charge in [0.05, 0.1) is 17.8 Å². The number of pyridine rings is 1. The van der Waals surface area contributed by atoms with Crippen molar-refractivity contribution in [3.63, 3.8) is 0 Å². The summed E-state index contributed by atoms with van der Waals surface area (Å²) < 4.78 is 0. The van der Waals surface area contributed by atoms with Crippen molar-refractivity contribution in [1.82, 2.24) is 9.88 Å². The molecule has 1 saturated heterocycles. The number of amides is 2. The fourth-order valence-corrected chi connectivity index (χ4v) is 3.80. The van der Waals surface area contributed by atoms with Crippen LogP contribution in [0.1, 0.15) is 28.8 Å². The minimum atomic E-state index is -0.132. The number of anilines is 1. The van der Waals surface area contributed by atoms with E-state index in [0.29, 0.717) is 18.7 Å². The Balaban J connectivity index is 1.48. The molecule has 0 saturated carbocycles. The molecule has 1 aromatic heterocycles. The first-order valence-electron chi connectivity index (χ1n) is 8.82. The highest BCUT2D eigenvalue weighted by Gasteiger charge is 2.34. The summed E-state index contributed by atoms with van der Waals surface area (Å²) in [4.78, 5) is 33.5. The van der Waals surface area contributed by atoms with Gasteiger partial charge in [-0.05, 0) is 43.0 Å². The Morgan fingerprint density at radius 3 is 2.76 bits per heavy atom. The number of piperidine rings is 1. The second-order valence-corrected chi connectivity index (χ2v) is 6.70. The Morgan fingerprint density at radius 2 is 1.92 bits per heavy atom. The minimum absolute atomic E-state index is 0.0154. The average Bonchev–Trinajstić information content (AvgIpc) is 3.12. The van der Waals surface area contributed by atoms with E-state index in [9.17, 15) is 9.59 Å². The van der Waals surface area contributed by atoms with Crippen LogP contribution in [0.5, 0.6) is 0 Å². The van der Waals surface area contributed by atoms with Crippen molar-refractivity contribution in [3.8, 4) is 0 Å². The molecule has 3 heterocycles. The zero-order chi connectivity index (χ0) is 17.2. The van der Waals surface area contributed by atoms with Gasteiger partial charge >= 0.3 is 0 Å². The van der Waals surface area contributed by atoms with E-state index in [-0.39, 0.29) is 17.7 Å². The summed E-state index contributed by atoms with van der Waals surface area (Å²) in [6.07, 6.45) is 6.12. The summed E-state index contributed by atoms with van der Waals surface area (Å²) >= 11 is 0. The SMILES string of the molecule is O=C(c1ccccc1)N1CCCC(C(=O)N2CCc3ccncc32)C1. The molecule has 1 fully saturated rings. The lowest BCUT2D eigenvalue weighted by Crippen LogP contribution is -2.46. The number of likely N-dealkylation sites (tertiary alicyclic amines) is 1. The summed E-state index contributed by atoms with van der Waals surface area (Å²) in [6.45, 7) is 1.93. The number of carbonyl (C=O) groups excluding carboxylic acids is 2. The van der Waals surface area contributed by atoms with Crippen LogP contribution in [-0.2, 0) is 11.2 Å². The number of nitrogens with zero attached hydrogens (tertiary/aromatic N) is 3. The molecule has 2 aliphatic rings. The Bertz CT molecular complexity index is 791. The van der Waals surface area contributed by atoms with Gasteiger partial charge in [-0.3, -0.25) is 14.6 Å². The van der Waals surface area contributed by atoms with Crippen LogP contribution in [0, 0.1) is 5.92 Å². The van der Waals surface area contributed by atoms with Crippen molar-refractivity contribution in [2.24, 2.45) is 5.92 Å². The maximum Gasteiger partial charge on any atom is 0.253 e. The van der Waals surface area contributed by atoms with Crippen LogP contribution < -0.4 is 4.90 Å². The standard InChI is InChI=1S/C20H21N3O2/c24-19(16-5-2-1-3-6-16)22-11-4-7-17(14-22)20(25)23-12-9-15-8-10-21-13-18(15)23/h1-3,5-6,8,10,13,17H,4,7,9,11-12,14H2. The third-order valence-corrected chi connectivity index (χ3v) is 5.13. The molecule has 5 nitrogen and oxygen atoms in total. The quantitative estimate of drug-likeness (QED) is 0.847. The summed E-state index contributed by atoms with van der Waals surface area (Å²) in [7, 11) is 0. The van der Waals surface area contributed by atoms with Crippen LogP contribution in [0.15, 0.2) is 48.8 Å². The van der Waals surface area contributed by atoms with Crippen LogP contribution in [0.2, 0.25) is 0 Å². The number of aromatic nitrogens is 1. The highest BCUT2D eigenvalue weighted by molar-refractivity contribution is 5.98. The van der Waals surface area contributed by atoms with Crippen LogP contribution in [0.4, 0.5) is 5.69 Å².